The highest BCUT2D eigenvalue weighted by Crippen LogP contribution is 2.20. The molecule has 0 spiro atoms. The number of carbonyl (C=O) groups excluding carboxylic acids is 1. The van der Waals surface area contributed by atoms with E-state index in [2.05, 4.69) is 20.0 Å². The van der Waals surface area contributed by atoms with Crippen molar-refractivity contribution < 1.29 is 19.1 Å². The molecule has 0 radical (unpaired) electrons. The second-order valence-electron chi connectivity index (χ2n) is 6.87. The maximum atomic E-state index is 12.0. The van der Waals surface area contributed by atoms with E-state index in [4.69, 9.17) is 9.15 Å². The van der Waals surface area contributed by atoms with Crippen LogP contribution in [0.4, 0.5) is 0 Å². The molecule has 2 N–H and O–H groups in total. The lowest BCUT2D eigenvalue weighted by Crippen LogP contribution is -2.52. The van der Waals surface area contributed by atoms with Gasteiger partial charge < -0.3 is 14.3 Å². The number of aromatic nitrogens is 2. The predicted octanol–water partition coefficient (Wildman–Crippen LogP) is 1.56. The average Bonchev–Trinajstić information content (AvgIpc) is 3.26. The number of nitrogens with one attached hydrogen (secondary N) is 1. The first kappa shape index (κ1) is 19.6. The molecule has 2 aromatic rings. The van der Waals surface area contributed by atoms with E-state index in [-0.39, 0.29) is 18.6 Å². The van der Waals surface area contributed by atoms with E-state index in [0.29, 0.717) is 25.3 Å². The van der Waals surface area contributed by atoms with E-state index in [9.17, 15) is 9.90 Å². The highest BCUT2D eigenvalue weighted by atomic mass is 16.5. The quantitative estimate of drug-likeness (QED) is 0.675. The number of rotatable bonds is 8. The monoisotopic (exact) mass is 376 g/mol. The van der Waals surface area contributed by atoms with Crippen LogP contribution in [0.3, 0.4) is 0 Å². The molecule has 0 aromatic carbocycles. The Balaban J connectivity index is 1.63. The number of esters is 1. The molecule has 0 bridgehead atoms. The molecular weight excluding hydrogens is 348 g/mol. The minimum absolute atomic E-state index is 0.145. The molecule has 3 heterocycles. The van der Waals surface area contributed by atoms with Gasteiger partial charge in [0.2, 0.25) is 0 Å². The van der Waals surface area contributed by atoms with Gasteiger partial charge in [0.25, 0.3) is 0 Å². The Morgan fingerprint density at radius 2 is 2.26 bits per heavy atom. The Bertz CT molecular complexity index is 742. The molecule has 8 nitrogen and oxygen atoms in total. The summed E-state index contributed by atoms with van der Waals surface area (Å²) >= 11 is 0. The molecule has 0 aliphatic carbocycles. The molecule has 1 saturated heterocycles. The molecule has 0 saturated carbocycles. The van der Waals surface area contributed by atoms with Crippen LogP contribution in [0.25, 0.3) is 0 Å². The molecular formula is C19H28N4O4. The van der Waals surface area contributed by atoms with Crippen LogP contribution < -0.4 is 0 Å². The van der Waals surface area contributed by atoms with Gasteiger partial charge in [-0.3, -0.25) is 14.9 Å². The minimum atomic E-state index is -0.372. The van der Waals surface area contributed by atoms with Crippen LogP contribution in [0.1, 0.15) is 40.9 Å². The van der Waals surface area contributed by atoms with Gasteiger partial charge in [-0.1, -0.05) is 0 Å². The zero-order valence-electron chi connectivity index (χ0n) is 16.0. The Morgan fingerprint density at radius 1 is 1.41 bits per heavy atom. The fourth-order valence-corrected chi connectivity index (χ4v) is 3.55. The van der Waals surface area contributed by atoms with Gasteiger partial charge in [0.15, 0.2) is 0 Å². The van der Waals surface area contributed by atoms with Crippen LogP contribution in [0.5, 0.6) is 0 Å². The third-order valence-electron chi connectivity index (χ3n) is 4.90. The number of ether oxygens (including phenoxy) is 1. The zero-order valence-corrected chi connectivity index (χ0v) is 16.0. The number of piperazine rings is 1. The van der Waals surface area contributed by atoms with Gasteiger partial charge in [-0.25, -0.2) is 4.79 Å². The minimum Gasteiger partial charge on any atom is -0.465 e. The van der Waals surface area contributed by atoms with Gasteiger partial charge >= 0.3 is 5.97 Å². The first-order valence-electron chi connectivity index (χ1n) is 9.42. The number of hydrogen-bond donors (Lipinski definition) is 2. The Kier molecular flexibility index (Phi) is 6.65. The van der Waals surface area contributed by atoms with Gasteiger partial charge in [-0.2, -0.15) is 5.10 Å². The van der Waals surface area contributed by atoms with E-state index >= 15 is 0 Å². The number of aliphatic hydroxyl groups excluding tert-OH is 1. The van der Waals surface area contributed by atoms with E-state index in [1.807, 2.05) is 19.1 Å². The molecule has 1 fully saturated rings. The first-order valence-corrected chi connectivity index (χ1v) is 9.42. The number of nitrogens with zero attached hydrogens (tertiary/aromatic N) is 3. The van der Waals surface area contributed by atoms with Crippen molar-refractivity contribution in [3.05, 3.63) is 41.1 Å². The lowest BCUT2D eigenvalue weighted by molar-refractivity contribution is 0.0440. The van der Waals surface area contributed by atoms with E-state index in [0.717, 1.165) is 43.3 Å². The zero-order chi connectivity index (χ0) is 19.2. The molecule has 148 valence electrons. The number of aryl methyl sites for hydroxylation is 1. The third-order valence-corrected chi connectivity index (χ3v) is 4.90. The maximum Gasteiger partial charge on any atom is 0.356 e. The van der Waals surface area contributed by atoms with Crippen molar-refractivity contribution in [2.24, 2.45) is 0 Å². The van der Waals surface area contributed by atoms with Gasteiger partial charge in [-0.05, 0) is 32.4 Å². The fraction of sp³-hybridized carbons (Fsp3) is 0.579. The molecule has 1 aliphatic heterocycles. The third kappa shape index (κ3) is 4.97. The van der Waals surface area contributed by atoms with E-state index in [1.165, 1.54) is 0 Å². The van der Waals surface area contributed by atoms with Crippen molar-refractivity contribution in [3.63, 3.8) is 0 Å². The summed E-state index contributed by atoms with van der Waals surface area (Å²) < 4.78 is 10.8. The summed E-state index contributed by atoms with van der Waals surface area (Å²) in [7, 11) is 0. The summed E-state index contributed by atoms with van der Waals surface area (Å²) in [5, 5.41) is 16.2. The summed E-state index contributed by atoms with van der Waals surface area (Å²) in [5.74, 6) is 1.49. The normalized spacial score (nSPS) is 18.7. The molecule has 2 aromatic heterocycles. The Labute approximate surface area is 159 Å². The summed E-state index contributed by atoms with van der Waals surface area (Å²) in [4.78, 5) is 16.7. The maximum absolute atomic E-state index is 12.0. The molecule has 0 amide bonds. The summed E-state index contributed by atoms with van der Waals surface area (Å²) in [6.45, 7) is 8.13. The summed E-state index contributed by atoms with van der Waals surface area (Å²) in [5.41, 5.74) is 1.26. The Morgan fingerprint density at radius 3 is 2.96 bits per heavy atom. The average molecular weight is 376 g/mol. The largest absolute Gasteiger partial charge is 0.465 e. The topological polar surface area (TPSA) is 94.8 Å². The van der Waals surface area contributed by atoms with Crippen molar-refractivity contribution in [1.82, 2.24) is 20.0 Å². The fourth-order valence-electron chi connectivity index (χ4n) is 3.55. The van der Waals surface area contributed by atoms with Crippen molar-refractivity contribution in [2.45, 2.75) is 39.4 Å². The van der Waals surface area contributed by atoms with E-state index < -0.39 is 0 Å². The van der Waals surface area contributed by atoms with Crippen LogP contribution in [-0.4, -0.2) is 70.0 Å². The van der Waals surface area contributed by atoms with Crippen molar-refractivity contribution in [2.75, 3.05) is 32.8 Å². The van der Waals surface area contributed by atoms with Crippen LogP contribution in [0, 0.1) is 6.92 Å². The molecule has 1 aliphatic rings. The number of furan rings is 1. The van der Waals surface area contributed by atoms with Crippen LogP contribution >= 0.6 is 0 Å². The Hall–Kier alpha value is -2.16. The lowest BCUT2D eigenvalue weighted by Gasteiger charge is -2.41. The van der Waals surface area contributed by atoms with Gasteiger partial charge in [0.05, 0.1) is 19.3 Å². The smallest absolute Gasteiger partial charge is 0.356 e. The van der Waals surface area contributed by atoms with Gasteiger partial charge in [0, 0.05) is 44.4 Å². The van der Waals surface area contributed by atoms with Crippen LogP contribution in [0.15, 0.2) is 22.7 Å². The standard InChI is InChI=1S/C19H28N4O4/c1-3-26-19(25)18-15(10-20-21-18)11-22-7-8-23(16(12-22)6-9-24)13-17-5-4-14(2)27-17/h4-5,10,16,24H,3,6-9,11-13H2,1-2H3,(H,20,21)/t16-/m0/s1. The van der Waals surface area contributed by atoms with E-state index in [1.54, 1.807) is 13.1 Å². The second-order valence-corrected chi connectivity index (χ2v) is 6.87. The van der Waals surface area contributed by atoms with Crippen molar-refractivity contribution in [3.8, 4) is 0 Å². The molecule has 8 heteroatoms. The highest BCUT2D eigenvalue weighted by molar-refractivity contribution is 5.88. The predicted molar refractivity (Wildman–Crippen MR) is 99.2 cm³/mol. The molecule has 0 unspecified atom stereocenters. The SMILES string of the molecule is CCOC(=O)c1[nH]ncc1CN1CCN(Cc2ccc(C)o2)[C@@H](CCO)C1. The number of aliphatic hydroxyl groups is 1. The second kappa shape index (κ2) is 9.16. The van der Waals surface area contributed by atoms with Crippen LogP contribution in [0.2, 0.25) is 0 Å². The first-order chi connectivity index (χ1) is 13.1. The molecule has 27 heavy (non-hydrogen) atoms. The van der Waals surface area contributed by atoms with Crippen LogP contribution in [-0.2, 0) is 17.8 Å². The lowest BCUT2D eigenvalue weighted by atomic mass is 10.1. The van der Waals surface area contributed by atoms with Crippen molar-refractivity contribution in [1.29, 1.82) is 0 Å². The molecule has 1 atom stereocenters. The highest BCUT2D eigenvalue weighted by Gasteiger charge is 2.28. The number of hydrogen-bond acceptors (Lipinski definition) is 7. The summed E-state index contributed by atoms with van der Waals surface area (Å²) in [6, 6.07) is 4.21. The number of aromatic amines is 1. The summed E-state index contributed by atoms with van der Waals surface area (Å²) in [6.07, 6.45) is 2.39. The number of carbonyl (C=O) groups is 1. The van der Waals surface area contributed by atoms with Crippen molar-refractivity contribution >= 4 is 5.97 Å². The number of H-pyrrole nitrogens is 1. The van der Waals surface area contributed by atoms with Gasteiger partial charge in [-0.15, -0.1) is 0 Å². The van der Waals surface area contributed by atoms with Gasteiger partial charge in [0.1, 0.15) is 17.2 Å². The molecule has 3 rings (SSSR count).